The number of ether oxygens (including phenoxy) is 1. The fourth-order valence-corrected chi connectivity index (χ4v) is 4.06. The highest BCUT2D eigenvalue weighted by Crippen LogP contribution is 2.19. The smallest absolute Gasteiger partial charge is 0.243 e. The normalized spacial score (nSPS) is 11.7. The summed E-state index contributed by atoms with van der Waals surface area (Å²) in [7, 11) is 0. The first-order valence-corrected chi connectivity index (χ1v) is 12.8. The third-order valence-corrected chi connectivity index (χ3v) is 6.09. The third-order valence-electron chi connectivity index (χ3n) is 5.59. The van der Waals surface area contributed by atoms with Gasteiger partial charge in [-0.05, 0) is 67.8 Å². The van der Waals surface area contributed by atoms with Crippen LogP contribution in [0.15, 0.2) is 78.9 Å². The van der Waals surface area contributed by atoms with Gasteiger partial charge in [-0.15, -0.1) is 0 Å². The number of carbonyl (C=O) groups is 2. The van der Waals surface area contributed by atoms with Crippen LogP contribution in [0.2, 0.25) is 10.0 Å². The van der Waals surface area contributed by atoms with Crippen LogP contribution in [0.5, 0.6) is 5.75 Å². The summed E-state index contributed by atoms with van der Waals surface area (Å²) in [5, 5.41) is 4.26. The number of nitrogens with one attached hydrogen (secondary N) is 1. The lowest BCUT2D eigenvalue weighted by atomic mass is 10.0. The zero-order valence-electron chi connectivity index (χ0n) is 20.6. The fourth-order valence-electron chi connectivity index (χ4n) is 3.81. The van der Waals surface area contributed by atoms with Crippen LogP contribution in [0, 0.1) is 0 Å². The molecule has 0 radical (unpaired) electrons. The molecule has 3 aromatic rings. The van der Waals surface area contributed by atoms with Gasteiger partial charge in [0.1, 0.15) is 11.8 Å². The van der Waals surface area contributed by atoms with E-state index >= 15 is 0 Å². The second kappa shape index (κ2) is 13.9. The van der Waals surface area contributed by atoms with Crippen LogP contribution in [0.3, 0.4) is 0 Å². The molecule has 0 spiro atoms. The second-order valence-corrected chi connectivity index (χ2v) is 9.80. The maximum Gasteiger partial charge on any atom is 0.243 e. The van der Waals surface area contributed by atoms with Crippen LogP contribution in [0.1, 0.15) is 37.8 Å². The first kappa shape index (κ1) is 27.6. The van der Waals surface area contributed by atoms with Crippen molar-refractivity contribution in [3.63, 3.8) is 0 Å². The van der Waals surface area contributed by atoms with Gasteiger partial charge < -0.3 is 15.0 Å². The predicted octanol–water partition coefficient (Wildman–Crippen LogP) is 6.32. The van der Waals surface area contributed by atoms with Crippen molar-refractivity contribution in [3.05, 3.63) is 100 Å². The highest BCUT2D eigenvalue weighted by molar-refractivity contribution is 6.30. The molecule has 0 bridgehead atoms. The highest BCUT2D eigenvalue weighted by Gasteiger charge is 2.30. The number of rotatable bonds is 12. The Labute approximate surface area is 223 Å². The molecule has 7 heteroatoms. The van der Waals surface area contributed by atoms with Crippen LogP contribution in [0.25, 0.3) is 0 Å². The average Bonchev–Trinajstić information content (AvgIpc) is 2.86. The van der Waals surface area contributed by atoms with Gasteiger partial charge in [-0.3, -0.25) is 9.59 Å². The SMILES string of the molecule is CC(C)NC(=O)[C@H](Cc1ccccc1)N(Cc1ccc(Cl)cc1)C(=O)CCCOc1ccc(Cl)cc1. The van der Waals surface area contributed by atoms with E-state index in [4.69, 9.17) is 27.9 Å². The number of nitrogens with zero attached hydrogens (tertiary/aromatic N) is 1. The van der Waals surface area contributed by atoms with Gasteiger partial charge in [0, 0.05) is 35.5 Å². The van der Waals surface area contributed by atoms with Crippen molar-refractivity contribution in [1.29, 1.82) is 0 Å². The lowest BCUT2D eigenvalue weighted by Crippen LogP contribution is -2.51. The Kier molecular flexibility index (Phi) is 10.6. The van der Waals surface area contributed by atoms with Crippen molar-refractivity contribution in [2.75, 3.05) is 6.61 Å². The Balaban J connectivity index is 1.77. The Morgan fingerprint density at radius 3 is 2.08 bits per heavy atom. The molecule has 0 heterocycles. The number of halogens is 2. The summed E-state index contributed by atoms with van der Waals surface area (Å²) in [6, 6.07) is 23.5. The molecule has 5 nitrogen and oxygen atoms in total. The molecule has 0 aromatic heterocycles. The molecule has 0 saturated heterocycles. The Morgan fingerprint density at radius 1 is 0.861 bits per heavy atom. The van der Waals surface area contributed by atoms with Crippen molar-refractivity contribution < 1.29 is 14.3 Å². The molecule has 0 fully saturated rings. The van der Waals surface area contributed by atoms with Gasteiger partial charge in [0.15, 0.2) is 0 Å². The molecule has 36 heavy (non-hydrogen) atoms. The maximum atomic E-state index is 13.5. The topological polar surface area (TPSA) is 58.6 Å². The molecule has 3 aromatic carbocycles. The number of amides is 2. The minimum absolute atomic E-state index is 0.0453. The third kappa shape index (κ3) is 8.89. The van der Waals surface area contributed by atoms with Crippen LogP contribution in [-0.2, 0) is 22.6 Å². The molecule has 0 aliphatic rings. The summed E-state index contributed by atoms with van der Waals surface area (Å²) in [6.07, 6.45) is 1.18. The van der Waals surface area contributed by atoms with E-state index in [2.05, 4.69) is 5.32 Å². The number of benzene rings is 3. The van der Waals surface area contributed by atoms with E-state index < -0.39 is 6.04 Å². The Hall–Kier alpha value is -3.02. The van der Waals surface area contributed by atoms with Crippen molar-refractivity contribution in [1.82, 2.24) is 10.2 Å². The zero-order chi connectivity index (χ0) is 25.9. The minimum atomic E-state index is -0.657. The highest BCUT2D eigenvalue weighted by atomic mass is 35.5. The summed E-state index contributed by atoms with van der Waals surface area (Å²) in [5.74, 6) is 0.418. The van der Waals surface area contributed by atoms with Crippen molar-refractivity contribution >= 4 is 35.0 Å². The Morgan fingerprint density at radius 2 is 1.47 bits per heavy atom. The maximum absolute atomic E-state index is 13.5. The molecule has 190 valence electrons. The van der Waals surface area contributed by atoms with Gasteiger partial charge in [0.05, 0.1) is 6.61 Å². The summed E-state index contributed by atoms with van der Waals surface area (Å²) < 4.78 is 5.76. The van der Waals surface area contributed by atoms with Crippen molar-refractivity contribution in [3.8, 4) is 5.75 Å². The quantitative estimate of drug-likeness (QED) is 0.281. The van der Waals surface area contributed by atoms with Gasteiger partial charge in [-0.2, -0.15) is 0 Å². The summed E-state index contributed by atoms with van der Waals surface area (Å²) in [4.78, 5) is 28.5. The van der Waals surface area contributed by atoms with E-state index in [0.29, 0.717) is 41.8 Å². The molecule has 0 saturated carbocycles. The zero-order valence-corrected chi connectivity index (χ0v) is 22.1. The number of hydrogen-bond acceptors (Lipinski definition) is 3. The van der Waals surface area contributed by atoms with Crippen LogP contribution < -0.4 is 10.1 Å². The van der Waals surface area contributed by atoms with E-state index in [0.717, 1.165) is 11.1 Å². The molecular formula is C29H32Cl2N2O3. The first-order valence-electron chi connectivity index (χ1n) is 12.1. The standard InChI is InChI=1S/C29H32Cl2N2O3/c1-21(2)32-29(35)27(19-22-7-4-3-5-8-22)33(20-23-10-12-24(30)13-11-23)28(34)9-6-18-36-26-16-14-25(31)15-17-26/h3-5,7-8,10-17,21,27H,6,9,18-20H2,1-2H3,(H,32,35)/t27-/m0/s1. The van der Waals surface area contributed by atoms with Crippen molar-refractivity contribution in [2.24, 2.45) is 0 Å². The second-order valence-electron chi connectivity index (χ2n) is 8.92. The van der Waals surface area contributed by atoms with E-state index in [1.165, 1.54) is 0 Å². The number of hydrogen-bond donors (Lipinski definition) is 1. The molecule has 1 N–H and O–H groups in total. The van der Waals surface area contributed by atoms with E-state index in [1.807, 2.05) is 56.3 Å². The summed E-state index contributed by atoms with van der Waals surface area (Å²) >= 11 is 12.0. The monoisotopic (exact) mass is 526 g/mol. The largest absolute Gasteiger partial charge is 0.494 e. The lowest BCUT2D eigenvalue weighted by Gasteiger charge is -2.32. The summed E-state index contributed by atoms with van der Waals surface area (Å²) in [5.41, 5.74) is 1.89. The molecular weight excluding hydrogens is 495 g/mol. The molecule has 0 aliphatic heterocycles. The van der Waals surface area contributed by atoms with Gasteiger partial charge in [0.2, 0.25) is 11.8 Å². The molecule has 3 rings (SSSR count). The predicted molar refractivity (Wildman–Crippen MR) is 145 cm³/mol. The Bertz CT molecular complexity index is 1100. The van der Waals surface area contributed by atoms with Gasteiger partial charge in [-0.25, -0.2) is 0 Å². The van der Waals surface area contributed by atoms with Crippen LogP contribution in [-0.4, -0.2) is 35.4 Å². The molecule has 2 amide bonds. The van der Waals surface area contributed by atoms with Gasteiger partial charge in [-0.1, -0.05) is 65.7 Å². The molecule has 1 atom stereocenters. The number of carbonyl (C=O) groups excluding carboxylic acids is 2. The van der Waals surface area contributed by atoms with E-state index in [1.54, 1.807) is 41.3 Å². The first-order chi connectivity index (χ1) is 17.3. The fraction of sp³-hybridized carbons (Fsp3) is 0.310. The van der Waals surface area contributed by atoms with Gasteiger partial charge >= 0.3 is 0 Å². The van der Waals surface area contributed by atoms with Crippen molar-refractivity contribution in [2.45, 2.75) is 51.7 Å². The molecule has 0 aliphatic carbocycles. The van der Waals surface area contributed by atoms with E-state index in [-0.39, 0.29) is 24.3 Å². The average molecular weight is 527 g/mol. The summed E-state index contributed by atoms with van der Waals surface area (Å²) in [6.45, 7) is 4.51. The minimum Gasteiger partial charge on any atom is -0.494 e. The van der Waals surface area contributed by atoms with E-state index in [9.17, 15) is 9.59 Å². The van der Waals surface area contributed by atoms with Crippen LogP contribution >= 0.6 is 23.2 Å². The lowest BCUT2D eigenvalue weighted by molar-refractivity contribution is -0.141. The molecule has 0 unspecified atom stereocenters. The van der Waals surface area contributed by atoms with Crippen LogP contribution in [0.4, 0.5) is 0 Å². The van der Waals surface area contributed by atoms with Gasteiger partial charge in [0.25, 0.3) is 0 Å².